The molecule has 25 heavy (non-hydrogen) atoms. The molecule has 1 aliphatic heterocycles. The first kappa shape index (κ1) is 17.8. The average molecular weight is 377 g/mol. The van der Waals surface area contributed by atoms with Crippen molar-refractivity contribution in [3.63, 3.8) is 0 Å². The van der Waals surface area contributed by atoms with Gasteiger partial charge in [-0.2, -0.15) is 0 Å². The van der Waals surface area contributed by atoms with Crippen molar-refractivity contribution in [2.75, 3.05) is 16.8 Å². The lowest BCUT2D eigenvalue weighted by Crippen LogP contribution is -2.28. The van der Waals surface area contributed by atoms with Crippen molar-refractivity contribution in [2.24, 2.45) is 5.92 Å². The second-order valence-electron chi connectivity index (χ2n) is 6.36. The molecule has 1 saturated heterocycles. The van der Waals surface area contributed by atoms with Crippen molar-refractivity contribution < 1.29 is 9.59 Å². The zero-order chi connectivity index (χ0) is 18.1. The van der Waals surface area contributed by atoms with Gasteiger partial charge in [0.15, 0.2) is 0 Å². The van der Waals surface area contributed by atoms with Crippen LogP contribution in [-0.2, 0) is 9.59 Å². The molecule has 6 heteroatoms. The normalized spacial score (nSPS) is 17.0. The zero-order valence-corrected chi connectivity index (χ0v) is 15.5. The molecule has 1 aliphatic rings. The summed E-state index contributed by atoms with van der Waals surface area (Å²) in [7, 11) is 0. The van der Waals surface area contributed by atoms with Crippen LogP contribution in [0, 0.1) is 19.8 Å². The van der Waals surface area contributed by atoms with Gasteiger partial charge in [0.1, 0.15) is 0 Å². The number of hydrogen-bond acceptors (Lipinski definition) is 2. The Hall–Kier alpha value is -2.04. The van der Waals surface area contributed by atoms with E-state index < -0.39 is 5.92 Å². The number of rotatable bonds is 3. The maximum absolute atomic E-state index is 12.5. The Kier molecular flexibility index (Phi) is 5.02. The third kappa shape index (κ3) is 3.97. The Morgan fingerprint density at radius 1 is 1.12 bits per heavy atom. The summed E-state index contributed by atoms with van der Waals surface area (Å²) in [5.74, 6) is -0.713. The molecule has 0 radical (unpaired) electrons. The fourth-order valence-electron chi connectivity index (χ4n) is 3.07. The average Bonchev–Trinajstić information content (AvgIpc) is 2.92. The lowest BCUT2D eigenvalue weighted by atomic mass is 10.1. The molecule has 2 amide bonds. The van der Waals surface area contributed by atoms with Crippen LogP contribution >= 0.6 is 23.2 Å². The van der Waals surface area contributed by atoms with Crippen LogP contribution in [0.4, 0.5) is 11.4 Å². The summed E-state index contributed by atoms with van der Waals surface area (Å²) in [4.78, 5) is 26.6. The number of benzene rings is 2. The maximum atomic E-state index is 12.5. The lowest BCUT2D eigenvalue weighted by molar-refractivity contribution is -0.122. The van der Waals surface area contributed by atoms with E-state index in [9.17, 15) is 9.59 Å². The minimum atomic E-state index is -0.427. The smallest absolute Gasteiger partial charge is 0.229 e. The highest BCUT2D eigenvalue weighted by atomic mass is 35.5. The van der Waals surface area contributed by atoms with Crippen LogP contribution in [0.1, 0.15) is 17.5 Å². The Bertz CT molecular complexity index is 831. The van der Waals surface area contributed by atoms with Crippen molar-refractivity contribution in [1.29, 1.82) is 0 Å². The Balaban J connectivity index is 1.75. The fraction of sp³-hybridized carbons (Fsp3) is 0.263. The first-order valence-corrected chi connectivity index (χ1v) is 8.73. The Morgan fingerprint density at radius 3 is 2.48 bits per heavy atom. The van der Waals surface area contributed by atoms with Crippen LogP contribution in [0.25, 0.3) is 0 Å². The van der Waals surface area contributed by atoms with Gasteiger partial charge in [-0.15, -0.1) is 0 Å². The number of hydrogen-bond donors (Lipinski definition) is 1. The molecule has 0 bridgehead atoms. The molecule has 1 unspecified atom stereocenters. The molecule has 1 N–H and O–H groups in total. The molecular formula is C19H18Cl2N2O2. The molecule has 0 aromatic heterocycles. The van der Waals surface area contributed by atoms with E-state index in [0.29, 0.717) is 22.3 Å². The lowest BCUT2D eigenvalue weighted by Gasteiger charge is -2.18. The SMILES string of the molecule is Cc1cc(C)cc(N2CC(C(=O)Nc3cc(Cl)ccc3Cl)CC2=O)c1. The third-order valence-corrected chi connectivity index (χ3v) is 4.76. The van der Waals surface area contributed by atoms with E-state index >= 15 is 0 Å². The topological polar surface area (TPSA) is 49.4 Å². The van der Waals surface area contributed by atoms with Gasteiger partial charge in [-0.25, -0.2) is 0 Å². The molecule has 3 rings (SSSR count). The molecule has 2 aromatic carbocycles. The highest BCUT2D eigenvalue weighted by molar-refractivity contribution is 6.35. The van der Waals surface area contributed by atoms with Gasteiger partial charge in [0.25, 0.3) is 0 Å². The summed E-state index contributed by atoms with van der Waals surface area (Å²) in [5.41, 5.74) is 3.46. The first-order valence-electron chi connectivity index (χ1n) is 7.98. The molecule has 0 aliphatic carbocycles. The first-order chi connectivity index (χ1) is 11.8. The standard InChI is InChI=1S/C19H18Cl2N2O2/c1-11-5-12(2)7-15(6-11)23-10-13(8-18(23)24)19(25)22-17-9-14(20)3-4-16(17)21/h3-7,9,13H,8,10H2,1-2H3,(H,22,25). The summed E-state index contributed by atoms with van der Waals surface area (Å²) >= 11 is 12.0. The monoisotopic (exact) mass is 376 g/mol. The zero-order valence-electron chi connectivity index (χ0n) is 14.0. The highest BCUT2D eigenvalue weighted by Crippen LogP contribution is 2.30. The van der Waals surface area contributed by atoms with Crippen LogP contribution in [0.3, 0.4) is 0 Å². The quantitative estimate of drug-likeness (QED) is 0.850. The minimum absolute atomic E-state index is 0.0534. The van der Waals surface area contributed by atoms with E-state index in [2.05, 4.69) is 11.4 Å². The molecule has 130 valence electrons. The predicted molar refractivity (Wildman–Crippen MR) is 101 cm³/mol. The number of anilines is 2. The number of nitrogens with one attached hydrogen (secondary N) is 1. The number of carbonyl (C=O) groups excluding carboxylic acids is 2. The number of aryl methyl sites for hydroxylation is 2. The molecule has 2 aromatic rings. The van der Waals surface area contributed by atoms with Gasteiger partial charge in [0.05, 0.1) is 16.6 Å². The summed E-state index contributed by atoms with van der Waals surface area (Å²) in [6.45, 7) is 4.33. The maximum Gasteiger partial charge on any atom is 0.229 e. The largest absolute Gasteiger partial charge is 0.324 e. The van der Waals surface area contributed by atoms with Gasteiger partial charge < -0.3 is 10.2 Å². The minimum Gasteiger partial charge on any atom is -0.324 e. The van der Waals surface area contributed by atoms with Crippen LogP contribution in [0.5, 0.6) is 0 Å². The molecule has 0 saturated carbocycles. The van der Waals surface area contributed by atoms with Crippen LogP contribution < -0.4 is 10.2 Å². The fourth-order valence-corrected chi connectivity index (χ4v) is 3.40. The Morgan fingerprint density at radius 2 is 1.80 bits per heavy atom. The van der Waals surface area contributed by atoms with Crippen molar-refractivity contribution >= 4 is 46.4 Å². The van der Waals surface area contributed by atoms with Gasteiger partial charge >= 0.3 is 0 Å². The van der Waals surface area contributed by atoms with Crippen molar-refractivity contribution in [3.05, 3.63) is 57.6 Å². The second kappa shape index (κ2) is 7.06. The third-order valence-electron chi connectivity index (χ3n) is 4.20. The van der Waals surface area contributed by atoms with Gasteiger partial charge in [0, 0.05) is 23.7 Å². The highest BCUT2D eigenvalue weighted by Gasteiger charge is 2.35. The molecule has 0 spiro atoms. The van der Waals surface area contributed by atoms with Crippen LogP contribution in [0.2, 0.25) is 10.0 Å². The number of carbonyl (C=O) groups is 2. The van der Waals surface area contributed by atoms with E-state index in [1.54, 1.807) is 23.1 Å². The van der Waals surface area contributed by atoms with E-state index in [1.165, 1.54) is 0 Å². The number of halogens is 2. The molecular weight excluding hydrogens is 359 g/mol. The van der Waals surface area contributed by atoms with Crippen LogP contribution in [-0.4, -0.2) is 18.4 Å². The van der Waals surface area contributed by atoms with Gasteiger partial charge in [-0.05, 0) is 55.3 Å². The van der Waals surface area contributed by atoms with Gasteiger partial charge in [-0.3, -0.25) is 9.59 Å². The second-order valence-corrected chi connectivity index (χ2v) is 7.21. The molecule has 1 atom stereocenters. The number of amides is 2. The summed E-state index contributed by atoms with van der Waals surface area (Å²) in [6.07, 6.45) is 0.178. The van der Waals surface area contributed by atoms with Crippen molar-refractivity contribution in [3.8, 4) is 0 Å². The van der Waals surface area contributed by atoms with E-state index in [-0.39, 0.29) is 18.2 Å². The van der Waals surface area contributed by atoms with E-state index in [0.717, 1.165) is 16.8 Å². The summed E-state index contributed by atoms with van der Waals surface area (Å²) in [6, 6.07) is 10.8. The molecule has 4 nitrogen and oxygen atoms in total. The Labute approximate surface area is 156 Å². The predicted octanol–water partition coefficient (Wildman–Crippen LogP) is 4.60. The molecule has 1 heterocycles. The number of nitrogens with zero attached hydrogens (tertiary/aromatic N) is 1. The summed E-state index contributed by atoms with van der Waals surface area (Å²) in [5, 5.41) is 3.67. The van der Waals surface area contributed by atoms with Crippen molar-refractivity contribution in [1.82, 2.24) is 0 Å². The van der Waals surface area contributed by atoms with Crippen LogP contribution in [0.15, 0.2) is 36.4 Å². The summed E-state index contributed by atoms with van der Waals surface area (Å²) < 4.78 is 0. The van der Waals surface area contributed by atoms with Crippen molar-refractivity contribution in [2.45, 2.75) is 20.3 Å². The van der Waals surface area contributed by atoms with Gasteiger partial charge in [0.2, 0.25) is 11.8 Å². The van der Waals surface area contributed by atoms with Gasteiger partial charge in [-0.1, -0.05) is 29.3 Å². The van der Waals surface area contributed by atoms with E-state index in [1.807, 2.05) is 26.0 Å². The molecule has 1 fully saturated rings. The van der Waals surface area contributed by atoms with E-state index in [4.69, 9.17) is 23.2 Å².